The van der Waals surface area contributed by atoms with Gasteiger partial charge in [0.25, 0.3) is 0 Å². The lowest BCUT2D eigenvalue weighted by Gasteiger charge is -2.34. The molecule has 2 N–H and O–H groups in total. The van der Waals surface area contributed by atoms with Gasteiger partial charge in [-0.1, -0.05) is 60.7 Å². The van der Waals surface area contributed by atoms with Crippen LogP contribution in [0.25, 0.3) is 5.70 Å². The zero-order chi connectivity index (χ0) is 15.6. The molecule has 0 amide bonds. The van der Waals surface area contributed by atoms with E-state index in [0.29, 0.717) is 5.84 Å². The largest absolute Gasteiger partial charge is 0.384 e. The normalized spacial score (nSPS) is 19.4. The van der Waals surface area contributed by atoms with Crippen molar-refractivity contribution >= 4 is 11.5 Å². The molecular formula is C19H18N4. The zero-order valence-electron chi connectivity index (χ0n) is 12.7. The van der Waals surface area contributed by atoms with Crippen molar-refractivity contribution in [2.45, 2.75) is 12.8 Å². The summed E-state index contributed by atoms with van der Waals surface area (Å²) in [6.45, 7) is 0.803. The highest BCUT2D eigenvalue weighted by Crippen LogP contribution is 2.31. The molecule has 4 rings (SSSR count). The van der Waals surface area contributed by atoms with Crippen LogP contribution < -0.4 is 5.73 Å². The first-order valence-electron chi connectivity index (χ1n) is 7.68. The Kier molecular flexibility index (Phi) is 3.35. The van der Waals surface area contributed by atoms with Crippen molar-refractivity contribution in [2.75, 3.05) is 0 Å². The van der Waals surface area contributed by atoms with Crippen molar-refractivity contribution in [3.8, 4) is 0 Å². The summed E-state index contributed by atoms with van der Waals surface area (Å²) in [6, 6.07) is 20.7. The van der Waals surface area contributed by atoms with Gasteiger partial charge >= 0.3 is 0 Å². The number of fused-ring (bicyclic) bond motifs is 1. The lowest BCUT2D eigenvalue weighted by atomic mass is 10.1. The highest BCUT2D eigenvalue weighted by Gasteiger charge is 2.31. The quantitative estimate of drug-likeness (QED) is 0.948. The molecule has 0 fully saturated rings. The molecule has 0 bridgehead atoms. The molecule has 1 atom stereocenters. The average molecular weight is 302 g/mol. The summed E-state index contributed by atoms with van der Waals surface area (Å²) in [5.41, 5.74) is 9.54. The molecule has 0 saturated heterocycles. The zero-order valence-corrected chi connectivity index (χ0v) is 12.7. The van der Waals surface area contributed by atoms with Crippen LogP contribution in [0.2, 0.25) is 0 Å². The first-order valence-corrected chi connectivity index (χ1v) is 7.68. The Morgan fingerprint density at radius 3 is 2.35 bits per heavy atom. The van der Waals surface area contributed by atoms with Gasteiger partial charge in [-0.05, 0) is 11.1 Å². The van der Waals surface area contributed by atoms with Gasteiger partial charge in [0, 0.05) is 25.0 Å². The van der Waals surface area contributed by atoms with Gasteiger partial charge in [0.2, 0.25) is 6.29 Å². The number of benzene rings is 2. The number of aliphatic imine (C=N–C) groups is 1. The van der Waals surface area contributed by atoms with Gasteiger partial charge < -0.3 is 15.5 Å². The van der Waals surface area contributed by atoms with Crippen LogP contribution in [0, 0.1) is 0 Å². The number of amidine groups is 1. The minimum absolute atomic E-state index is 0.115. The molecule has 23 heavy (non-hydrogen) atoms. The SMILES string of the molecule is NC1=NC2N(Cc3ccccc3)C=CN2C(c2ccccc2)=C1. The fraction of sp³-hybridized carbons (Fsp3) is 0.105. The van der Waals surface area contributed by atoms with Crippen molar-refractivity contribution in [3.05, 3.63) is 90.3 Å². The fourth-order valence-electron chi connectivity index (χ4n) is 2.97. The molecule has 0 spiro atoms. The minimum atomic E-state index is -0.115. The highest BCUT2D eigenvalue weighted by atomic mass is 15.5. The van der Waals surface area contributed by atoms with E-state index in [0.717, 1.165) is 17.8 Å². The summed E-state index contributed by atoms with van der Waals surface area (Å²) in [6.07, 6.45) is 5.97. The number of nitrogens with zero attached hydrogens (tertiary/aromatic N) is 3. The first-order chi connectivity index (χ1) is 11.3. The van der Waals surface area contributed by atoms with E-state index in [1.165, 1.54) is 5.56 Å². The Morgan fingerprint density at radius 2 is 1.61 bits per heavy atom. The topological polar surface area (TPSA) is 44.9 Å². The second-order valence-electron chi connectivity index (χ2n) is 5.66. The Labute approximate surface area is 135 Å². The van der Waals surface area contributed by atoms with Gasteiger partial charge in [0.1, 0.15) is 5.84 Å². The van der Waals surface area contributed by atoms with Crippen LogP contribution in [-0.2, 0) is 6.54 Å². The van der Waals surface area contributed by atoms with E-state index in [-0.39, 0.29) is 6.29 Å². The van der Waals surface area contributed by atoms with E-state index < -0.39 is 0 Å². The number of hydrogen-bond donors (Lipinski definition) is 1. The summed E-state index contributed by atoms with van der Waals surface area (Å²) < 4.78 is 0. The summed E-state index contributed by atoms with van der Waals surface area (Å²) in [5, 5.41) is 0. The van der Waals surface area contributed by atoms with E-state index in [4.69, 9.17) is 5.73 Å². The van der Waals surface area contributed by atoms with Crippen LogP contribution in [0.3, 0.4) is 0 Å². The number of hydrogen-bond acceptors (Lipinski definition) is 4. The Hall–Kier alpha value is -3.01. The molecule has 4 heteroatoms. The molecule has 2 aromatic rings. The average Bonchev–Trinajstić information content (AvgIpc) is 2.99. The lowest BCUT2D eigenvalue weighted by molar-refractivity contribution is 0.201. The molecule has 1 unspecified atom stereocenters. The molecule has 0 saturated carbocycles. The van der Waals surface area contributed by atoms with Crippen molar-refractivity contribution in [3.63, 3.8) is 0 Å². The summed E-state index contributed by atoms with van der Waals surface area (Å²) in [4.78, 5) is 8.96. The second-order valence-corrected chi connectivity index (χ2v) is 5.66. The third-order valence-corrected chi connectivity index (χ3v) is 4.07. The molecule has 114 valence electrons. The van der Waals surface area contributed by atoms with E-state index in [1.807, 2.05) is 30.3 Å². The molecule has 0 radical (unpaired) electrons. The van der Waals surface area contributed by atoms with Crippen LogP contribution in [0.4, 0.5) is 0 Å². The third-order valence-electron chi connectivity index (χ3n) is 4.07. The van der Waals surface area contributed by atoms with E-state index in [2.05, 4.69) is 63.6 Å². The molecule has 4 nitrogen and oxygen atoms in total. The first kappa shape index (κ1) is 13.6. The van der Waals surface area contributed by atoms with Gasteiger partial charge in [0.05, 0.1) is 5.70 Å². The monoisotopic (exact) mass is 302 g/mol. The Balaban J connectivity index is 1.62. The van der Waals surface area contributed by atoms with E-state index >= 15 is 0 Å². The fourth-order valence-corrected chi connectivity index (χ4v) is 2.97. The van der Waals surface area contributed by atoms with Crippen molar-refractivity contribution < 1.29 is 0 Å². The molecule has 0 aliphatic carbocycles. The molecule has 2 aromatic carbocycles. The summed E-state index contributed by atoms with van der Waals surface area (Å²) in [7, 11) is 0. The third kappa shape index (κ3) is 2.59. The molecule has 0 aromatic heterocycles. The van der Waals surface area contributed by atoms with Crippen molar-refractivity contribution in [1.82, 2.24) is 9.80 Å². The number of rotatable bonds is 3. The second kappa shape index (κ2) is 5.65. The van der Waals surface area contributed by atoms with Crippen LogP contribution in [0.5, 0.6) is 0 Å². The predicted molar refractivity (Wildman–Crippen MR) is 92.8 cm³/mol. The van der Waals surface area contributed by atoms with Gasteiger partial charge in [-0.25, -0.2) is 4.99 Å². The van der Waals surface area contributed by atoms with E-state index in [1.54, 1.807) is 0 Å². The summed E-state index contributed by atoms with van der Waals surface area (Å²) in [5.74, 6) is 0.562. The van der Waals surface area contributed by atoms with Gasteiger partial charge in [-0.3, -0.25) is 0 Å². The predicted octanol–water partition coefficient (Wildman–Crippen LogP) is 2.97. The smallest absolute Gasteiger partial charge is 0.205 e. The van der Waals surface area contributed by atoms with Crippen LogP contribution in [-0.4, -0.2) is 21.9 Å². The Morgan fingerprint density at radius 1 is 0.913 bits per heavy atom. The maximum Gasteiger partial charge on any atom is 0.205 e. The van der Waals surface area contributed by atoms with Gasteiger partial charge in [0.15, 0.2) is 0 Å². The molecule has 2 heterocycles. The molecule has 2 aliphatic heterocycles. The molecule has 2 aliphatic rings. The van der Waals surface area contributed by atoms with Crippen LogP contribution in [0.15, 0.2) is 84.1 Å². The van der Waals surface area contributed by atoms with Crippen LogP contribution in [0.1, 0.15) is 11.1 Å². The van der Waals surface area contributed by atoms with Gasteiger partial charge in [-0.2, -0.15) is 0 Å². The Bertz CT molecular complexity index is 778. The minimum Gasteiger partial charge on any atom is -0.384 e. The highest BCUT2D eigenvalue weighted by molar-refractivity contribution is 5.99. The standard InChI is InChI=1S/C19H18N4/c20-18-13-17(16-9-5-2-6-10-16)23-12-11-22(19(23)21-18)14-15-7-3-1-4-8-15/h1-13,19H,14H2,(H2,20,21). The van der Waals surface area contributed by atoms with Crippen molar-refractivity contribution in [2.24, 2.45) is 10.7 Å². The van der Waals surface area contributed by atoms with E-state index in [9.17, 15) is 0 Å². The van der Waals surface area contributed by atoms with Crippen molar-refractivity contribution in [1.29, 1.82) is 0 Å². The molecular weight excluding hydrogens is 284 g/mol. The maximum absolute atomic E-state index is 6.07. The maximum atomic E-state index is 6.07. The van der Waals surface area contributed by atoms with Crippen LogP contribution >= 0.6 is 0 Å². The number of nitrogens with two attached hydrogens (primary N) is 1. The van der Waals surface area contributed by atoms with Gasteiger partial charge in [-0.15, -0.1) is 0 Å². The lowest BCUT2D eigenvalue weighted by Crippen LogP contribution is -2.40. The summed E-state index contributed by atoms with van der Waals surface area (Å²) >= 11 is 0.